The maximum atomic E-state index is 11.9. The van der Waals surface area contributed by atoms with E-state index in [0.717, 1.165) is 13.1 Å². The van der Waals surface area contributed by atoms with E-state index in [1.165, 1.54) is 12.8 Å². The molecule has 0 aromatic rings. The molecule has 0 saturated carbocycles. The van der Waals surface area contributed by atoms with Crippen LogP contribution < -0.4 is 0 Å². The fourth-order valence-electron chi connectivity index (χ4n) is 2.68. The van der Waals surface area contributed by atoms with Crippen LogP contribution in [0.3, 0.4) is 0 Å². The van der Waals surface area contributed by atoms with Crippen molar-refractivity contribution in [2.75, 3.05) is 26.2 Å². The number of likely N-dealkylation sites (tertiary alicyclic amines) is 2. The summed E-state index contributed by atoms with van der Waals surface area (Å²) >= 11 is 0. The molecule has 0 radical (unpaired) electrons. The van der Waals surface area contributed by atoms with Crippen LogP contribution in [0.5, 0.6) is 0 Å². The molecule has 0 bridgehead atoms. The first-order valence-electron chi connectivity index (χ1n) is 6.77. The van der Waals surface area contributed by atoms with Crippen LogP contribution in [-0.4, -0.2) is 64.9 Å². The topological polar surface area (TPSA) is 53.0 Å². The van der Waals surface area contributed by atoms with Gasteiger partial charge in [-0.25, -0.2) is 4.79 Å². The first-order valence-corrected chi connectivity index (χ1v) is 6.77. The second kappa shape index (κ2) is 5.05. The fraction of sp³-hybridized carbons (Fsp3) is 0.923. The quantitative estimate of drug-likeness (QED) is 0.762. The minimum atomic E-state index is -0.478. The molecule has 0 aromatic heterocycles. The molecule has 0 spiro atoms. The maximum Gasteiger partial charge on any atom is 0.410 e. The van der Waals surface area contributed by atoms with Crippen LogP contribution in [0.1, 0.15) is 33.6 Å². The van der Waals surface area contributed by atoms with Crippen LogP contribution in [0.2, 0.25) is 0 Å². The van der Waals surface area contributed by atoms with Crippen LogP contribution in [0.4, 0.5) is 4.79 Å². The van der Waals surface area contributed by atoms with Gasteiger partial charge in [0.05, 0.1) is 18.7 Å². The van der Waals surface area contributed by atoms with Crippen molar-refractivity contribution < 1.29 is 14.6 Å². The molecule has 2 rings (SSSR count). The summed E-state index contributed by atoms with van der Waals surface area (Å²) in [5, 5.41) is 10.1. The summed E-state index contributed by atoms with van der Waals surface area (Å²) in [4.78, 5) is 15.9. The predicted molar refractivity (Wildman–Crippen MR) is 68.4 cm³/mol. The van der Waals surface area contributed by atoms with Crippen molar-refractivity contribution in [1.82, 2.24) is 9.80 Å². The molecule has 2 unspecified atom stereocenters. The molecule has 0 aromatic carbocycles. The number of hydrogen-bond donors (Lipinski definition) is 1. The number of β-amino-alcohol motifs (C(OH)–C–C–N with tert-alkyl or cyclic N) is 1. The highest BCUT2D eigenvalue weighted by molar-refractivity contribution is 5.68. The third kappa shape index (κ3) is 3.14. The maximum absolute atomic E-state index is 11.9. The third-order valence-corrected chi connectivity index (χ3v) is 3.52. The lowest BCUT2D eigenvalue weighted by atomic mass is 10.2. The number of aliphatic hydroxyl groups is 1. The highest BCUT2D eigenvalue weighted by Gasteiger charge is 2.39. The Balaban J connectivity index is 1.91. The Kier molecular flexibility index (Phi) is 3.82. The molecular formula is C13H24N2O3. The van der Waals surface area contributed by atoms with Gasteiger partial charge >= 0.3 is 6.09 Å². The first-order chi connectivity index (χ1) is 8.37. The van der Waals surface area contributed by atoms with Crippen molar-refractivity contribution in [3.05, 3.63) is 0 Å². The molecule has 0 aliphatic carbocycles. The summed E-state index contributed by atoms with van der Waals surface area (Å²) < 4.78 is 5.34. The first kappa shape index (κ1) is 13.6. The van der Waals surface area contributed by atoms with Gasteiger partial charge in [0.1, 0.15) is 5.60 Å². The average molecular weight is 256 g/mol. The molecule has 2 atom stereocenters. The molecule has 5 nitrogen and oxygen atoms in total. The smallest absolute Gasteiger partial charge is 0.410 e. The second-order valence-electron chi connectivity index (χ2n) is 6.26. The molecule has 1 amide bonds. The van der Waals surface area contributed by atoms with E-state index in [1.54, 1.807) is 4.90 Å². The number of hydrogen-bond acceptors (Lipinski definition) is 4. The van der Waals surface area contributed by atoms with Gasteiger partial charge in [0.25, 0.3) is 0 Å². The number of amides is 1. The number of aliphatic hydroxyl groups excluding tert-OH is 1. The summed E-state index contributed by atoms with van der Waals surface area (Å²) in [5.41, 5.74) is -0.478. The molecule has 2 aliphatic rings. The van der Waals surface area contributed by atoms with Gasteiger partial charge in [0.15, 0.2) is 0 Å². The summed E-state index contributed by atoms with van der Waals surface area (Å²) in [6, 6.07) is 0.0834. The van der Waals surface area contributed by atoms with E-state index < -0.39 is 11.7 Å². The Labute approximate surface area is 109 Å². The van der Waals surface area contributed by atoms with Gasteiger partial charge in [0.2, 0.25) is 0 Å². The molecule has 2 aliphatic heterocycles. The Morgan fingerprint density at radius 2 is 1.83 bits per heavy atom. The fourth-order valence-corrected chi connectivity index (χ4v) is 2.68. The lowest BCUT2D eigenvalue weighted by Gasteiger charge is -2.26. The zero-order chi connectivity index (χ0) is 13.3. The highest BCUT2D eigenvalue weighted by Crippen LogP contribution is 2.22. The van der Waals surface area contributed by atoms with Crippen molar-refractivity contribution in [1.29, 1.82) is 0 Å². The summed E-state index contributed by atoms with van der Waals surface area (Å²) in [6.45, 7) is 8.60. The molecule has 2 saturated heterocycles. The minimum Gasteiger partial charge on any atom is -0.444 e. The zero-order valence-corrected chi connectivity index (χ0v) is 11.6. The Hall–Kier alpha value is -0.810. The molecule has 18 heavy (non-hydrogen) atoms. The summed E-state index contributed by atoms with van der Waals surface area (Å²) in [7, 11) is 0. The molecule has 2 fully saturated rings. The van der Waals surface area contributed by atoms with Gasteiger partial charge in [-0.3, -0.25) is 4.90 Å². The average Bonchev–Trinajstić information content (AvgIpc) is 2.82. The zero-order valence-electron chi connectivity index (χ0n) is 11.6. The van der Waals surface area contributed by atoms with Gasteiger partial charge in [-0.15, -0.1) is 0 Å². The third-order valence-electron chi connectivity index (χ3n) is 3.52. The van der Waals surface area contributed by atoms with Crippen LogP contribution in [0, 0.1) is 0 Å². The Morgan fingerprint density at radius 3 is 2.39 bits per heavy atom. The normalized spacial score (nSPS) is 29.9. The van der Waals surface area contributed by atoms with E-state index >= 15 is 0 Å². The number of ether oxygens (including phenoxy) is 1. The SMILES string of the molecule is CC(C)(C)OC(=O)N1CC(O)C(N2CCCC2)C1. The summed E-state index contributed by atoms with van der Waals surface area (Å²) in [5.74, 6) is 0. The lowest BCUT2D eigenvalue weighted by Crippen LogP contribution is -2.42. The van der Waals surface area contributed by atoms with Crippen molar-refractivity contribution in [3.8, 4) is 0 Å². The molecule has 104 valence electrons. The van der Waals surface area contributed by atoms with E-state index in [1.807, 2.05) is 20.8 Å². The number of nitrogens with zero attached hydrogens (tertiary/aromatic N) is 2. The number of rotatable bonds is 1. The number of carbonyl (C=O) groups excluding carboxylic acids is 1. The highest BCUT2D eigenvalue weighted by atomic mass is 16.6. The predicted octanol–water partition coefficient (Wildman–Crippen LogP) is 1.06. The van der Waals surface area contributed by atoms with Gasteiger partial charge < -0.3 is 14.7 Å². The van der Waals surface area contributed by atoms with Crippen LogP contribution in [0.15, 0.2) is 0 Å². The summed E-state index contributed by atoms with van der Waals surface area (Å²) in [6.07, 6.45) is 1.62. The molecule has 5 heteroatoms. The van der Waals surface area contributed by atoms with Gasteiger partial charge in [-0.2, -0.15) is 0 Å². The largest absolute Gasteiger partial charge is 0.444 e. The minimum absolute atomic E-state index is 0.0834. The van der Waals surface area contributed by atoms with Crippen LogP contribution in [0.25, 0.3) is 0 Å². The van der Waals surface area contributed by atoms with Crippen LogP contribution in [-0.2, 0) is 4.74 Å². The molecule has 2 heterocycles. The van der Waals surface area contributed by atoms with Crippen molar-refractivity contribution >= 4 is 6.09 Å². The molecular weight excluding hydrogens is 232 g/mol. The Morgan fingerprint density at radius 1 is 1.22 bits per heavy atom. The van der Waals surface area contributed by atoms with E-state index in [0.29, 0.717) is 13.1 Å². The van der Waals surface area contributed by atoms with Crippen molar-refractivity contribution in [2.24, 2.45) is 0 Å². The van der Waals surface area contributed by atoms with Gasteiger partial charge in [-0.1, -0.05) is 0 Å². The Bertz CT molecular complexity index is 308. The monoisotopic (exact) mass is 256 g/mol. The van der Waals surface area contributed by atoms with Gasteiger partial charge in [0, 0.05) is 6.54 Å². The lowest BCUT2D eigenvalue weighted by molar-refractivity contribution is 0.0269. The molecule has 1 N–H and O–H groups in total. The van der Waals surface area contributed by atoms with E-state index in [2.05, 4.69) is 4.90 Å². The van der Waals surface area contributed by atoms with Crippen molar-refractivity contribution in [2.45, 2.75) is 51.4 Å². The van der Waals surface area contributed by atoms with E-state index in [4.69, 9.17) is 4.74 Å². The van der Waals surface area contributed by atoms with Crippen LogP contribution >= 0.6 is 0 Å². The van der Waals surface area contributed by atoms with Gasteiger partial charge in [-0.05, 0) is 46.7 Å². The van der Waals surface area contributed by atoms with E-state index in [-0.39, 0.29) is 12.1 Å². The van der Waals surface area contributed by atoms with E-state index in [9.17, 15) is 9.90 Å². The van der Waals surface area contributed by atoms with Crippen molar-refractivity contribution in [3.63, 3.8) is 0 Å². The second-order valence-corrected chi connectivity index (χ2v) is 6.26. The standard InChI is InChI=1S/C13H24N2O3/c1-13(2,3)18-12(17)15-8-10(11(16)9-15)14-6-4-5-7-14/h10-11,16H,4-9H2,1-3H3. The number of carbonyl (C=O) groups is 1.